The summed E-state index contributed by atoms with van der Waals surface area (Å²) < 4.78 is 12.2. The topological polar surface area (TPSA) is 129 Å². The number of carbonyl (C=O) groups excluding carboxylic acids is 5. The van der Waals surface area contributed by atoms with Gasteiger partial charge in [0.15, 0.2) is 5.78 Å². The minimum atomic E-state index is -0.459. The molecule has 1 heterocycles. The van der Waals surface area contributed by atoms with E-state index in [1.54, 1.807) is 19.1 Å². The Bertz CT molecular complexity index is 2210. The van der Waals surface area contributed by atoms with Crippen molar-refractivity contribution >= 4 is 51.2 Å². The smallest absolute Gasteiger partial charge is 0.344 e. The van der Waals surface area contributed by atoms with Crippen LogP contribution in [0.15, 0.2) is 84.4 Å². The van der Waals surface area contributed by atoms with Crippen LogP contribution in [-0.2, 0) is 30.3 Å². The molecule has 4 aromatic rings. The van der Waals surface area contributed by atoms with Crippen LogP contribution in [0.25, 0.3) is 21.8 Å². The van der Waals surface area contributed by atoms with E-state index in [1.165, 1.54) is 5.57 Å². The number of aromatic nitrogens is 1. The number of nitrogens with zero attached hydrogens (tertiary/aromatic N) is 1. The van der Waals surface area contributed by atoms with E-state index in [0.717, 1.165) is 59.5 Å². The van der Waals surface area contributed by atoms with Crippen molar-refractivity contribution in [3.63, 3.8) is 0 Å². The number of Topliss-reactive ketones (excluding diaryl/α,β-unsaturated/α-hetero) is 1. The third-order valence-electron chi connectivity index (χ3n) is 13.9. The lowest BCUT2D eigenvalue weighted by Crippen LogP contribution is -2.58. The molecule has 1 amide bonds. The van der Waals surface area contributed by atoms with Crippen LogP contribution in [0.3, 0.4) is 0 Å². The summed E-state index contributed by atoms with van der Waals surface area (Å²) in [6.45, 7) is 6.56. The average molecular weight is 755 g/mol. The van der Waals surface area contributed by atoms with Gasteiger partial charge in [0.2, 0.25) is 5.91 Å². The highest BCUT2D eigenvalue weighted by molar-refractivity contribution is 6.14. The number of esters is 2. The second-order valence-electron chi connectivity index (χ2n) is 17.0. The molecule has 0 radical (unpaired) electrons. The lowest BCUT2D eigenvalue weighted by Gasteiger charge is -2.60. The van der Waals surface area contributed by atoms with Crippen LogP contribution in [0.2, 0.25) is 0 Å². The number of amides is 1. The van der Waals surface area contributed by atoms with Crippen LogP contribution in [0.1, 0.15) is 94.5 Å². The minimum Gasteiger partial charge on any atom is -0.462 e. The maximum Gasteiger partial charge on any atom is 0.344 e. The summed E-state index contributed by atoms with van der Waals surface area (Å²) in [5.74, 6) is 0.463. The summed E-state index contributed by atoms with van der Waals surface area (Å²) in [6.07, 6.45) is 7.60. The molecule has 0 aliphatic heterocycles. The van der Waals surface area contributed by atoms with Gasteiger partial charge in [0, 0.05) is 42.0 Å². The third-order valence-corrected chi connectivity index (χ3v) is 13.9. The molecular formula is C47H50N2O7. The van der Waals surface area contributed by atoms with E-state index in [9.17, 15) is 24.0 Å². The maximum atomic E-state index is 13.5. The van der Waals surface area contributed by atoms with Gasteiger partial charge in [-0.1, -0.05) is 68.0 Å². The van der Waals surface area contributed by atoms with E-state index in [2.05, 4.69) is 19.2 Å². The predicted molar refractivity (Wildman–Crippen MR) is 213 cm³/mol. The van der Waals surface area contributed by atoms with E-state index >= 15 is 0 Å². The van der Waals surface area contributed by atoms with Gasteiger partial charge in [-0.2, -0.15) is 0 Å². The van der Waals surface area contributed by atoms with Crippen LogP contribution in [0, 0.1) is 34.5 Å². The zero-order chi connectivity index (χ0) is 39.2. The van der Waals surface area contributed by atoms with E-state index in [1.807, 2.05) is 66.7 Å². The Morgan fingerprint density at radius 1 is 0.857 bits per heavy atom. The van der Waals surface area contributed by atoms with Crippen molar-refractivity contribution in [2.45, 2.75) is 91.1 Å². The van der Waals surface area contributed by atoms with Crippen LogP contribution >= 0.6 is 0 Å². The molecule has 1 N–H and O–H groups in total. The van der Waals surface area contributed by atoms with Crippen molar-refractivity contribution in [2.24, 2.45) is 34.5 Å². The lowest BCUT2D eigenvalue weighted by molar-refractivity contribution is -0.178. The number of nitrogens with one attached hydrogen (secondary N) is 1. The molecule has 3 fully saturated rings. The highest BCUT2D eigenvalue weighted by atomic mass is 16.5. The molecule has 290 valence electrons. The van der Waals surface area contributed by atoms with Gasteiger partial charge in [-0.3, -0.25) is 19.2 Å². The SMILES string of the molecule is CC(=O)C1CCC2C3CCC4=CC(=O)CCC4(C)C3C(OC(=O)CCC(=O)NCCc3ccc(OC(=O)c4c5ccccc5nc5ccccc45)cc3)CC12C. The van der Waals surface area contributed by atoms with Crippen molar-refractivity contribution < 1.29 is 33.4 Å². The zero-order valence-corrected chi connectivity index (χ0v) is 32.5. The van der Waals surface area contributed by atoms with Gasteiger partial charge in [-0.25, -0.2) is 9.78 Å². The van der Waals surface area contributed by atoms with Gasteiger partial charge in [0.1, 0.15) is 17.6 Å². The van der Waals surface area contributed by atoms with Gasteiger partial charge >= 0.3 is 11.9 Å². The molecule has 1 aromatic heterocycles. The Kier molecular flexibility index (Phi) is 10.1. The number of para-hydroxylation sites is 2. The normalized spacial score (nSPS) is 28.1. The van der Waals surface area contributed by atoms with E-state index in [4.69, 9.17) is 14.5 Å². The van der Waals surface area contributed by atoms with Crippen LogP contribution in [0.4, 0.5) is 0 Å². The fourth-order valence-corrected chi connectivity index (χ4v) is 11.2. The fourth-order valence-electron chi connectivity index (χ4n) is 11.2. The van der Waals surface area contributed by atoms with E-state index in [-0.39, 0.29) is 59.1 Å². The maximum absolute atomic E-state index is 13.5. The molecule has 9 nitrogen and oxygen atoms in total. The van der Waals surface area contributed by atoms with E-state index in [0.29, 0.717) is 49.0 Å². The highest BCUT2D eigenvalue weighted by Gasteiger charge is 2.63. The second kappa shape index (κ2) is 15.1. The molecule has 3 saturated carbocycles. The average Bonchev–Trinajstić information content (AvgIpc) is 3.54. The van der Waals surface area contributed by atoms with Crippen molar-refractivity contribution in [2.75, 3.05) is 6.54 Å². The quantitative estimate of drug-likeness (QED) is 0.0973. The first-order valence-corrected chi connectivity index (χ1v) is 20.2. The molecule has 0 bridgehead atoms. The number of allylic oxidation sites excluding steroid dienone is 1. The summed E-state index contributed by atoms with van der Waals surface area (Å²) in [6, 6.07) is 22.3. The molecule has 0 spiro atoms. The molecule has 3 aromatic carbocycles. The first-order chi connectivity index (χ1) is 26.9. The summed E-state index contributed by atoms with van der Waals surface area (Å²) in [4.78, 5) is 69.8. The predicted octanol–water partition coefficient (Wildman–Crippen LogP) is 8.30. The molecule has 4 aliphatic rings. The molecule has 0 saturated heterocycles. The first kappa shape index (κ1) is 37.7. The van der Waals surface area contributed by atoms with Crippen molar-refractivity contribution in [1.29, 1.82) is 0 Å². The molecule has 7 unspecified atom stereocenters. The van der Waals surface area contributed by atoms with Crippen LogP contribution in [0.5, 0.6) is 5.75 Å². The lowest BCUT2D eigenvalue weighted by atomic mass is 9.46. The minimum absolute atomic E-state index is 0.0137. The van der Waals surface area contributed by atoms with E-state index < -0.39 is 11.9 Å². The summed E-state index contributed by atoms with van der Waals surface area (Å²) in [5, 5.41) is 4.38. The Hall–Kier alpha value is -5.18. The Balaban J connectivity index is 0.857. The van der Waals surface area contributed by atoms with Crippen molar-refractivity contribution in [3.05, 3.63) is 95.6 Å². The molecular weight excluding hydrogens is 705 g/mol. The molecule has 7 atom stereocenters. The number of benzene rings is 3. The molecule has 9 heteroatoms. The Morgan fingerprint density at radius 2 is 1.55 bits per heavy atom. The number of hydrogen-bond donors (Lipinski definition) is 1. The number of pyridine rings is 1. The summed E-state index contributed by atoms with van der Waals surface area (Å²) in [5.41, 5.74) is 3.59. The number of ether oxygens (including phenoxy) is 2. The van der Waals surface area contributed by atoms with Crippen LogP contribution < -0.4 is 10.1 Å². The number of fused-ring (bicyclic) bond motifs is 7. The van der Waals surface area contributed by atoms with Gasteiger partial charge in [-0.15, -0.1) is 0 Å². The fraction of sp³-hybridized carbons (Fsp3) is 0.447. The molecule has 56 heavy (non-hydrogen) atoms. The number of carbonyl (C=O) groups is 5. The van der Waals surface area contributed by atoms with Gasteiger partial charge in [0.25, 0.3) is 0 Å². The first-order valence-electron chi connectivity index (χ1n) is 20.2. The van der Waals surface area contributed by atoms with Gasteiger partial charge in [-0.05, 0) is 110 Å². The number of hydrogen-bond acceptors (Lipinski definition) is 8. The molecule has 8 rings (SSSR count). The zero-order valence-electron chi connectivity index (χ0n) is 32.5. The molecule has 4 aliphatic carbocycles. The van der Waals surface area contributed by atoms with Gasteiger partial charge < -0.3 is 14.8 Å². The largest absolute Gasteiger partial charge is 0.462 e. The summed E-state index contributed by atoms with van der Waals surface area (Å²) in [7, 11) is 0. The number of rotatable bonds is 10. The van der Waals surface area contributed by atoms with Crippen molar-refractivity contribution in [1.82, 2.24) is 10.3 Å². The van der Waals surface area contributed by atoms with Gasteiger partial charge in [0.05, 0.1) is 23.0 Å². The third kappa shape index (κ3) is 6.94. The highest BCUT2D eigenvalue weighted by Crippen LogP contribution is 2.67. The Morgan fingerprint density at radius 3 is 2.25 bits per heavy atom. The second-order valence-corrected chi connectivity index (χ2v) is 17.0. The van der Waals surface area contributed by atoms with Crippen molar-refractivity contribution in [3.8, 4) is 5.75 Å². The van der Waals surface area contributed by atoms with Crippen LogP contribution in [-0.4, -0.2) is 47.0 Å². The standard InChI is InChI=1S/C47H50N2O7/c1-28(50)36-18-19-37-33-17-14-30-26-31(51)22-24-46(30,2)44(33)40(27-47(36,37)3)56-42(53)21-20-41(52)48-25-23-29-12-15-32(16-13-29)55-45(54)43-34-8-4-6-10-38(34)49-39-11-7-5-9-35(39)43/h4-13,15-16,26,33,36-37,40,44H,14,17-25,27H2,1-3H3,(H,48,52). The monoisotopic (exact) mass is 754 g/mol. The number of ketones is 2. The summed E-state index contributed by atoms with van der Waals surface area (Å²) >= 11 is 0. The Labute approximate surface area is 327 Å².